The Morgan fingerprint density at radius 1 is 1.40 bits per heavy atom. The number of rotatable bonds is 3. The van der Waals surface area contributed by atoms with Gasteiger partial charge in [-0.1, -0.05) is 28.9 Å². The number of halogens is 1. The van der Waals surface area contributed by atoms with Crippen molar-refractivity contribution in [3.05, 3.63) is 41.0 Å². The normalized spacial score (nSPS) is 10.5. The second-order valence-electron chi connectivity index (χ2n) is 3.22. The molecule has 2 rings (SSSR count). The zero-order chi connectivity index (χ0) is 10.7. The highest BCUT2D eigenvalue weighted by Gasteiger charge is 2.05. The van der Waals surface area contributed by atoms with E-state index in [0.717, 1.165) is 17.0 Å². The fraction of sp³-hybridized carbons (Fsp3) is 0.182. The second kappa shape index (κ2) is 4.47. The zero-order valence-electron chi connectivity index (χ0n) is 8.33. The summed E-state index contributed by atoms with van der Waals surface area (Å²) in [6, 6.07) is 9.41. The molecule has 0 spiro atoms. The summed E-state index contributed by atoms with van der Waals surface area (Å²) in [7, 11) is 1.87. The quantitative estimate of drug-likeness (QED) is 0.868. The number of nitrogens with zero attached hydrogens (tertiary/aromatic N) is 1. The van der Waals surface area contributed by atoms with E-state index in [-0.39, 0.29) is 0 Å². The fourth-order valence-electron chi connectivity index (χ4n) is 1.35. The Morgan fingerprint density at radius 3 is 3.00 bits per heavy atom. The summed E-state index contributed by atoms with van der Waals surface area (Å²) in [6.45, 7) is 0.698. The van der Waals surface area contributed by atoms with Gasteiger partial charge in [0.15, 0.2) is 5.76 Å². The molecule has 1 N–H and O–H groups in total. The fourth-order valence-corrected chi connectivity index (χ4v) is 1.54. The van der Waals surface area contributed by atoms with E-state index in [9.17, 15) is 0 Å². The van der Waals surface area contributed by atoms with E-state index >= 15 is 0 Å². The van der Waals surface area contributed by atoms with Gasteiger partial charge in [0.05, 0.1) is 5.69 Å². The highest BCUT2D eigenvalue weighted by atomic mass is 35.5. The molecule has 0 radical (unpaired) electrons. The minimum atomic E-state index is 0.694. The summed E-state index contributed by atoms with van der Waals surface area (Å²) in [5, 5.41) is 7.64. The van der Waals surface area contributed by atoms with E-state index in [1.54, 1.807) is 0 Å². The van der Waals surface area contributed by atoms with Crippen LogP contribution in [0.25, 0.3) is 11.3 Å². The van der Waals surface area contributed by atoms with Gasteiger partial charge in [-0.05, 0) is 19.2 Å². The molecule has 0 aliphatic carbocycles. The lowest BCUT2D eigenvalue weighted by Gasteiger charge is -1.94. The third-order valence-corrected chi connectivity index (χ3v) is 2.26. The molecule has 0 aliphatic rings. The van der Waals surface area contributed by atoms with Crippen LogP contribution in [-0.2, 0) is 6.54 Å². The predicted molar refractivity (Wildman–Crippen MR) is 59.7 cm³/mol. The van der Waals surface area contributed by atoms with Crippen LogP contribution < -0.4 is 5.32 Å². The van der Waals surface area contributed by atoms with Crippen LogP contribution in [0.5, 0.6) is 0 Å². The van der Waals surface area contributed by atoms with Gasteiger partial charge in [-0.2, -0.15) is 0 Å². The number of aromatic nitrogens is 1. The summed E-state index contributed by atoms with van der Waals surface area (Å²) in [5.74, 6) is 0.739. The molecule has 0 unspecified atom stereocenters. The standard InChI is InChI=1S/C11H11ClN2O/c1-13-7-10-6-11(15-14-10)8-3-2-4-9(12)5-8/h2-6,13H,7H2,1H3. The largest absolute Gasteiger partial charge is 0.356 e. The molecular weight excluding hydrogens is 212 g/mol. The van der Waals surface area contributed by atoms with Gasteiger partial charge in [0, 0.05) is 23.2 Å². The van der Waals surface area contributed by atoms with E-state index in [4.69, 9.17) is 16.1 Å². The summed E-state index contributed by atoms with van der Waals surface area (Å²) in [6.07, 6.45) is 0. The Morgan fingerprint density at radius 2 is 2.27 bits per heavy atom. The van der Waals surface area contributed by atoms with Gasteiger partial charge in [-0.3, -0.25) is 0 Å². The summed E-state index contributed by atoms with van der Waals surface area (Å²) >= 11 is 5.89. The molecule has 15 heavy (non-hydrogen) atoms. The van der Waals surface area contributed by atoms with E-state index < -0.39 is 0 Å². The van der Waals surface area contributed by atoms with Gasteiger partial charge in [0.1, 0.15) is 0 Å². The van der Waals surface area contributed by atoms with Crippen molar-refractivity contribution >= 4 is 11.6 Å². The van der Waals surface area contributed by atoms with Crippen molar-refractivity contribution in [3.63, 3.8) is 0 Å². The third-order valence-electron chi connectivity index (χ3n) is 2.03. The minimum Gasteiger partial charge on any atom is -0.356 e. The molecule has 2 aromatic rings. The Balaban J connectivity index is 2.29. The molecule has 1 aromatic heterocycles. The Kier molecular flexibility index (Phi) is 3.04. The van der Waals surface area contributed by atoms with Crippen LogP contribution in [0.15, 0.2) is 34.9 Å². The molecular formula is C11H11ClN2O. The van der Waals surface area contributed by atoms with Crippen LogP contribution in [0.1, 0.15) is 5.69 Å². The average Bonchev–Trinajstić information content (AvgIpc) is 2.67. The van der Waals surface area contributed by atoms with Crippen molar-refractivity contribution < 1.29 is 4.52 Å². The summed E-state index contributed by atoms with van der Waals surface area (Å²) in [5.41, 5.74) is 1.82. The molecule has 3 nitrogen and oxygen atoms in total. The molecule has 78 valence electrons. The van der Waals surface area contributed by atoms with Crippen LogP contribution in [0.2, 0.25) is 5.02 Å². The zero-order valence-corrected chi connectivity index (χ0v) is 9.08. The molecule has 0 fully saturated rings. The maximum absolute atomic E-state index is 5.89. The van der Waals surface area contributed by atoms with Crippen molar-refractivity contribution in [1.29, 1.82) is 0 Å². The molecule has 0 bridgehead atoms. The molecule has 0 saturated heterocycles. The predicted octanol–water partition coefficient (Wildman–Crippen LogP) is 2.71. The van der Waals surface area contributed by atoms with Crippen LogP contribution in [0, 0.1) is 0 Å². The minimum absolute atomic E-state index is 0.694. The van der Waals surface area contributed by atoms with Crippen LogP contribution in [0.3, 0.4) is 0 Å². The van der Waals surface area contributed by atoms with Crippen molar-refractivity contribution in [2.75, 3.05) is 7.05 Å². The smallest absolute Gasteiger partial charge is 0.167 e. The van der Waals surface area contributed by atoms with Crippen molar-refractivity contribution in [1.82, 2.24) is 10.5 Å². The molecule has 0 saturated carbocycles. The topological polar surface area (TPSA) is 38.1 Å². The number of hydrogen-bond donors (Lipinski definition) is 1. The SMILES string of the molecule is CNCc1cc(-c2cccc(Cl)c2)on1. The maximum atomic E-state index is 5.89. The van der Waals surface area contributed by atoms with Crippen molar-refractivity contribution in [2.45, 2.75) is 6.54 Å². The Labute approximate surface area is 93.0 Å². The highest BCUT2D eigenvalue weighted by Crippen LogP contribution is 2.23. The lowest BCUT2D eigenvalue weighted by molar-refractivity contribution is 0.421. The van der Waals surface area contributed by atoms with Crippen LogP contribution in [-0.4, -0.2) is 12.2 Å². The molecule has 0 aliphatic heterocycles. The lowest BCUT2D eigenvalue weighted by atomic mass is 10.1. The number of hydrogen-bond acceptors (Lipinski definition) is 3. The first kappa shape index (κ1) is 10.2. The summed E-state index contributed by atoms with van der Waals surface area (Å²) in [4.78, 5) is 0. The lowest BCUT2D eigenvalue weighted by Crippen LogP contribution is -2.04. The maximum Gasteiger partial charge on any atom is 0.167 e. The molecule has 0 amide bonds. The first-order valence-electron chi connectivity index (χ1n) is 4.66. The molecule has 0 atom stereocenters. The van der Waals surface area contributed by atoms with Gasteiger partial charge in [-0.25, -0.2) is 0 Å². The van der Waals surface area contributed by atoms with E-state index in [0.29, 0.717) is 11.6 Å². The second-order valence-corrected chi connectivity index (χ2v) is 3.66. The Hall–Kier alpha value is -1.32. The third kappa shape index (κ3) is 2.37. The van der Waals surface area contributed by atoms with Crippen molar-refractivity contribution in [2.24, 2.45) is 0 Å². The van der Waals surface area contributed by atoms with Gasteiger partial charge >= 0.3 is 0 Å². The molecule has 4 heteroatoms. The summed E-state index contributed by atoms with van der Waals surface area (Å²) < 4.78 is 5.21. The van der Waals surface area contributed by atoms with E-state index in [1.807, 2.05) is 37.4 Å². The average molecular weight is 223 g/mol. The monoisotopic (exact) mass is 222 g/mol. The number of benzene rings is 1. The van der Waals surface area contributed by atoms with E-state index in [1.165, 1.54) is 0 Å². The van der Waals surface area contributed by atoms with E-state index in [2.05, 4.69) is 10.5 Å². The van der Waals surface area contributed by atoms with Crippen molar-refractivity contribution in [3.8, 4) is 11.3 Å². The van der Waals surface area contributed by atoms with Gasteiger partial charge < -0.3 is 9.84 Å². The molecule has 1 heterocycles. The first-order valence-corrected chi connectivity index (χ1v) is 5.03. The molecule has 1 aromatic carbocycles. The van der Waals surface area contributed by atoms with Gasteiger partial charge in [0.25, 0.3) is 0 Å². The highest BCUT2D eigenvalue weighted by molar-refractivity contribution is 6.30. The van der Waals surface area contributed by atoms with Crippen LogP contribution >= 0.6 is 11.6 Å². The number of nitrogens with one attached hydrogen (secondary N) is 1. The van der Waals surface area contributed by atoms with Crippen LogP contribution in [0.4, 0.5) is 0 Å². The first-order chi connectivity index (χ1) is 7.29. The van der Waals surface area contributed by atoms with Gasteiger partial charge in [0.2, 0.25) is 0 Å². The Bertz CT molecular complexity index is 453. The van der Waals surface area contributed by atoms with Gasteiger partial charge in [-0.15, -0.1) is 0 Å².